The Kier molecular flexibility index (Phi) is 5.68. The number of benzene rings is 2. The van der Waals surface area contributed by atoms with Gasteiger partial charge in [0.15, 0.2) is 0 Å². The van der Waals surface area contributed by atoms with Crippen molar-refractivity contribution in [3.05, 3.63) is 65.2 Å². The van der Waals surface area contributed by atoms with E-state index in [2.05, 4.69) is 28.4 Å². The van der Waals surface area contributed by atoms with Crippen molar-refractivity contribution >= 4 is 5.91 Å². The summed E-state index contributed by atoms with van der Waals surface area (Å²) < 4.78 is 5.12. The van der Waals surface area contributed by atoms with E-state index in [1.807, 2.05) is 6.07 Å². The number of ether oxygens (including phenoxy) is 1. The van der Waals surface area contributed by atoms with E-state index in [0.717, 1.165) is 19.5 Å². The van der Waals surface area contributed by atoms with Crippen LogP contribution in [0.25, 0.3) is 0 Å². The molecule has 2 N–H and O–H groups in total. The van der Waals surface area contributed by atoms with Gasteiger partial charge in [-0.2, -0.15) is 0 Å². The van der Waals surface area contributed by atoms with Gasteiger partial charge in [-0.05, 0) is 35.7 Å². The standard InChI is InChI=1S/C20H24N2O3/c1-25-19-8-4-7-16(11-19)20(24)21-12-18(23)14-22-10-9-15-5-2-3-6-17(15)13-22/h2-8,11,18,23H,9-10,12-14H2,1H3,(H,21,24). The predicted octanol–water partition coefficient (Wildman–Crippen LogP) is 1.84. The van der Waals surface area contributed by atoms with Crippen LogP contribution in [0.1, 0.15) is 21.5 Å². The van der Waals surface area contributed by atoms with Crippen LogP contribution < -0.4 is 10.1 Å². The number of fused-ring (bicyclic) bond motifs is 1. The summed E-state index contributed by atoms with van der Waals surface area (Å²) in [6, 6.07) is 15.4. The van der Waals surface area contributed by atoms with E-state index in [1.54, 1.807) is 31.4 Å². The lowest BCUT2D eigenvalue weighted by Crippen LogP contribution is -2.42. The van der Waals surface area contributed by atoms with Crippen molar-refractivity contribution in [2.75, 3.05) is 26.7 Å². The highest BCUT2D eigenvalue weighted by molar-refractivity contribution is 5.94. The van der Waals surface area contributed by atoms with Crippen LogP contribution in [-0.4, -0.2) is 48.8 Å². The van der Waals surface area contributed by atoms with Crippen LogP contribution in [0.5, 0.6) is 5.75 Å². The minimum absolute atomic E-state index is 0.207. The fourth-order valence-electron chi connectivity index (χ4n) is 3.15. The second-order valence-corrected chi connectivity index (χ2v) is 6.35. The molecule has 1 aliphatic rings. The van der Waals surface area contributed by atoms with Crippen LogP contribution in [0, 0.1) is 0 Å². The highest BCUT2D eigenvalue weighted by Gasteiger charge is 2.19. The van der Waals surface area contributed by atoms with Gasteiger partial charge in [0, 0.05) is 31.7 Å². The molecule has 132 valence electrons. The maximum atomic E-state index is 12.2. The number of β-amino-alcohol motifs (C(OH)–C–C–N with tert-alkyl or cyclic N) is 1. The highest BCUT2D eigenvalue weighted by atomic mass is 16.5. The van der Waals surface area contributed by atoms with Crippen LogP contribution >= 0.6 is 0 Å². The third-order valence-corrected chi connectivity index (χ3v) is 4.51. The Hall–Kier alpha value is -2.37. The van der Waals surface area contributed by atoms with Crippen LogP contribution in [0.15, 0.2) is 48.5 Å². The maximum absolute atomic E-state index is 12.2. The van der Waals surface area contributed by atoms with Crippen LogP contribution in [0.4, 0.5) is 0 Å². The van der Waals surface area contributed by atoms with E-state index in [0.29, 0.717) is 17.9 Å². The molecule has 1 aliphatic heterocycles. The molecule has 0 aromatic heterocycles. The van der Waals surface area contributed by atoms with Crippen molar-refractivity contribution in [1.29, 1.82) is 0 Å². The second kappa shape index (κ2) is 8.14. The van der Waals surface area contributed by atoms with Crippen molar-refractivity contribution in [2.45, 2.75) is 19.1 Å². The molecule has 1 heterocycles. The first kappa shape index (κ1) is 17.5. The summed E-state index contributed by atoms with van der Waals surface area (Å²) >= 11 is 0. The molecule has 1 amide bonds. The van der Waals surface area contributed by atoms with Crippen LogP contribution in [0.3, 0.4) is 0 Å². The fourth-order valence-corrected chi connectivity index (χ4v) is 3.15. The molecule has 2 aromatic carbocycles. The van der Waals surface area contributed by atoms with Crippen molar-refractivity contribution in [3.8, 4) is 5.75 Å². The minimum Gasteiger partial charge on any atom is -0.497 e. The lowest BCUT2D eigenvalue weighted by molar-refractivity contribution is 0.0841. The molecule has 0 fully saturated rings. The average molecular weight is 340 g/mol. The Labute approximate surface area is 148 Å². The number of aliphatic hydroxyl groups is 1. The van der Waals surface area contributed by atoms with Gasteiger partial charge in [0.05, 0.1) is 13.2 Å². The first-order valence-corrected chi connectivity index (χ1v) is 8.55. The number of hydrogen-bond acceptors (Lipinski definition) is 4. The van der Waals surface area contributed by atoms with Gasteiger partial charge in [0.25, 0.3) is 5.91 Å². The second-order valence-electron chi connectivity index (χ2n) is 6.35. The fraction of sp³-hybridized carbons (Fsp3) is 0.350. The zero-order chi connectivity index (χ0) is 17.6. The number of carbonyl (C=O) groups excluding carboxylic acids is 1. The van der Waals surface area contributed by atoms with E-state index < -0.39 is 6.10 Å². The number of hydrogen-bond donors (Lipinski definition) is 2. The van der Waals surface area contributed by atoms with Crippen molar-refractivity contribution in [1.82, 2.24) is 10.2 Å². The molecule has 5 nitrogen and oxygen atoms in total. The van der Waals surface area contributed by atoms with E-state index in [-0.39, 0.29) is 12.5 Å². The summed E-state index contributed by atoms with van der Waals surface area (Å²) in [6.07, 6.45) is 0.402. The minimum atomic E-state index is -0.597. The van der Waals surface area contributed by atoms with Crippen molar-refractivity contribution in [3.63, 3.8) is 0 Å². The summed E-state index contributed by atoms with van der Waals surface area (Å²) in [5.74, 6) is 0.433. The molecule has 0 saturated carbocycles. The number of methoxy groups -OCH3 is 1. The lowest BCUT2D eigenvalue weighted by atomic mass is 10.00. The summed E-state index contributed by atoms with van der Waals surface area (Å²) in [6.45, 7) is 2.55. The van der Waals surface area contributed by atoms with Gasteiger partial charge in [-0.3, -0.25) is 9.69 Å². The Morgan fingerprint density at radius 1 is 1.24 bits per heavy atom. The van der Waals surface area contributed by atoms with E-state index in [1.165, 1.54) is 11.1 Å². The Bertz CT molecular complexity index is 732. The summed E-state index contributed by atoms with van der Waals surface area (Å²) in [5.41, 5.74) is 3.24. The van der Waals surface area contributed by atoms with Crippen LogP contribution in [0.2, 0.25) is 0 Å². The van der Waals surface area contributed by atoms with Gasteiger partial charge in [-0.1, -0.05) is 30.3 Å². The number of amides is 1. The molecule has 0 bridgehead atoms. The number of nitrogens with zero attached hydrogens (tertiary/aromatic N) is 1. The molecule has 0 aliphatic carbocycles. The SMILES string of the molecule is COc1cccc(C(=O)NCC(O)CN2CCc3ccccc3C2)c1. The van der Waals surface area contributed by atoms with Gasteiger partial charge >= 0.3 is 0 Å². The third-order valence-electron chi connectivity index (χ3n) is 4.51. The average Bonchev–Trinajstić information content (AvgIpc) is 2.66. The Balaban J connectivity index is 1.48. The van der Waals surface area contributed by atoms with Crippen LogP contribution in [-0.2, 0) is 13.0 Å². The molecule has 0 radical (unpaired) electrons. The summed E-state index contributed by atoms with van der Waals surface area (Å²) in [4.78, 5) is 14.4. The first-order chi connectivity index (χ1) is 12.2. The molecule has 1 atom stereocenters. The molecule has 0 spiro atoms. The summed E-state index contributed by atoms with van der Waals surface area (Å²) in [7, 11) is 1.57. The molecule has 1 unspecified atom stereocenters. The number of aliphatic hydroxyl groups excluding tert-OH is 1. The lowest BCUT2D eigenvalue weighted by Gasteiger charge is -2.30. The Morgan fingerprint density at radius 3 is 2.84 bits per heavy atom. The molecular weight excluding hydrogens is 316 g/mol. The molecule has 5 heteroatoms. The third kappa shape index (κ3) is 4.59. The number of nitrogens with one attached hydrogen (secondary N) is 1. The number of carbonyl (C=O) groups is 1. The zero-order valence-electron chi connectivity index (χ0n) is 14.4. The van der Waals surface area contributed by atoms with Crippen molar-refractivity contribution < 1.29 is 14.6 Å². The smallest absolute Gasteiger partial charge is 0.251 e. The zero-order valence-corrected chi connectivity index (χ0v) is 14.4. The monoisotopic (exact) mass is 340 g/mol. The highest BCUT2D eigenvalue weighted by Crippen LogP contribution is 2.18. The predicted molar refractivity (Wildman–Crippen MR) is 96.8 cm³/mol. The van der Waals surface area contributed by atoms with Crippen molar-refractivity contribution in [2.24, 2.45) is 0 Å². The van der Waals surface area contributed by atoms with E-state index in [4.69, 9.17) is 4.74 Å². The van der Waals surface area contributed by atoms with E-state index >= 15 is 0 Å². The molecule has 0 saturated heterocycles. The molecule has 25 heavy (non-hydrogen) atoms. The normalized spacial score (nSPS) is 15.3. The quantitative estimate of drug-likeness (QED) is 0.842. The molecule has 3 rings (SSSR count). The Morgan fingerprint density at radius 2 is 2.04 bits per heavy atom. The topological polar surface area (TPSA) is 61.8 Å². The molecule has 2 aromatic rings. The van der Waals surface area contributed by atoms with Gasteiger partial charge < -0.3 is 15.2 Å². The largest absolute Gasteiger partial charge is 0.497 e. The van der Waals surface area contributed by atoms with Gasteiger partial charge in [0.1, 0.15) is 5.75 Å². The molecular formula is C20H24N2O3. The first-order valence-electron chi connectivity index (χ1n) is 8.55. The van der Waals surface area contributed by atoms with Gasteiger partial charge in [-0.25, -0.2) is 0 Å². The van der Waals surface area contributed by atoms with E-state index in [9.17, 15) is 9.90 Å². The summed E-state index contributed by atoms with van der Waals surface area (Å²) in [5, 5.41) is 13.1. The number of rotatable bonds is 6. The van der Waals surface area contributed by atoms with Gasteiger partial charge in [-0.15, -0.1) is 0 Å². The maximum Gasteiger partial charge on any atom is 0.251 e. The van der Waals surface area contributed by atoms with Gasteiger partial charge in [0.2, 0.25) is 0 Å².